The van der Waals surface area contributed by atoms with E-state index in [0.717, 1.165) is 58.2 Å². The second-order valence-corrected chi connectivity index (χ2v) is 7.46. The van der Waals surface area contributed by atoms with Gasteiger partial charge in [-0.15, -0.1) is 0 Å². The van der Waals surface area contributed by atoms with Crippen LogP contribution in [0.25, 0.3) is 10.8 Å². The van der Waals surface area contributed by atoms with Gasteiger partial charge in [0.1, 0.15) is 0 Å². The third-order valence-electron chi connectivity index (χ3n) is 5.30. The van der Waals surface area contributed by atoms with Crippen LogP contribution in [0.3, 0.4) is 0 Å². The number of rotatable bonds is 8. The Morgan fingerprint density at radius 2 is 1.96 bits per heavy atom. The summed E-state index contributed by atoms with van der Waals surface area (Å²) < 4.78 is 11.2. The molecule has 2 aromatic carbocycles. The van der Waals surface area contributed by atoms with Crippen LogP contribution in [0.15, 0.2) is 47.5 Å². The zero-order valence-electron chi connectivity index (χ0n) is 17.1. The van der Waals surface area contributed by atoms with E-state index in [1.54, 1.807) is 0 Å². The molecule has 1 aliphatic heterocycles. The van der Waals surface area contributed by atoms with Gasteiger partial charge < -0.3 is 20.1 Å². The molecule has 2 aromatic rings. The Hall–Kier alpha value is -2.11. The first-order chi connectivity index (χ1) is 13.8. The lowest BCUT2D eigenvalue weighted by molar-refractivity contribution is 0.0203. The summed E-state index contributed by atoms with van der Waals surface area (Å²) in [5.41, 5.74) is 1.25. The molecule has 0 saturated carbocycles. The summed E-state index contributed by atoms with van der Waals surface area (Å²) in [7, 11) is 1.81. The van der Waals surface area contributed by atoms with Crippen molar-refractivity contribution in [1.82, 2.24) is 10.6 Å². The largest absolute Gasteiger partial charge is 0.381 e. The number of ether oxygens (including phenoxy) is 2. The number of hydrogen-bond donors (Lipinski definition) is 2. The number of hydrogen-bond acceptors (Lipinski definition) is 3. The summed E-state index contributed by atoms with van der Waals surface area (Å²) in [6.45, 7) is 6.41. The van der Waals surface area contributed by atoms with Gasteiger partial charge in [-0.1, -0.05) is 36.4 Å². The quantitative estimate of drug-likeness (QED) is 0.412. The van der Waals surface area contributed by atoms with Gasteiger partial charge >= 0.3 is 0 Å². The van der Waals surface area contributed by atoms with Crippen LogP contribution in [-0.4, -0.2) is 46.0 Å². The zero-order valence-corrected chi connectivity index (χ0v) is 17.1. The Kier molecular flexibility index (Phi) is 8.12. The zero-order chi connectivity index (χ0) is 19.6. The lowest BCUT2D eigenvalue weighted by Crippen LogP contribution is -2.39. The number of nitrogens with one attached hydrogen (secondary N) is 2. The molecule has 28 heavy (non-hydrogen) atoms. The molecule has 0 aliphatic carbocycles. The monoisotopic (exact) mass is 383 g/mol. The van der Waals surface area contributed by atoms with Crippen LogP contribution >= 0.6 is 0 Å². The second kappa shape index (κ2) is 11.0. The number of aliphatic imine (C=N–C) groups is 1. The molecule has 1 fully saturated rings. The molecular weight excluding hydrogens is 350 g/mol. The smallest absolute Gasteiger partial charge is 0.191 e. The van der Waals surface area contributed by atoms with E-state index in [-0.39, 0.29) is 6.04 Å². The molecule has 1 unspecified atom stereocenters. The molecule has 5 heteroatoms. The maximum Gasteiger partial charge on any atom is 0.191 e. The van der Waals surface area contributed by atoms with Crippen molar-refractivity contribution in [2.45, 2.75) is 32.2 Å². The predicted molar refractivity (Wildman–Crippen MR) is 116 cm³/mol. The minimum Gasteiger partial charge on any atom is -0.381 e. The number of fused-ring (bicyclic) bond motifs is 1. The van der Waals surface area contributed by atoms with Gasteiger partial charge in [-0.3, -0.25) is 4.99 Å². The van der Waals surface area contributed by atoms with Crippen LogP contribution in [0.2, 0.25) is 0 Å². The van der Waals surface area contributed by atoms with Crippen LogP contribution in [0.1, 0.15) is 37.8 Å². The van der Waals surface area contributed by atoms with E-state index < -0.39 is 0 Å². The highest BCUT2D eigenvalue weighted by Crippen LogP contribution is 2.20. The number of nitrogens with zero attached hydrogens (tertiary/aromatic N) is 1. The van der Waals surface area contributed by atoms with Gasteiger partial charge in [0, 0.05) is 40.0 Å². The molecule has 0 bridgehead atoms. The van der Waals surface area contributed by atoms with Crippen molar-refractivity contribution in [1.29, 1.82) is 0 Å². The number of guanidine groups is 1. The van der Waals surface area contributed by atoms with E-state index in [2.05, 4.69) is 65.0 Å². The SMILES string of the molecule is CN=C(NCCCOCC1CCOCC1)NC(C)c1ccc2ccccc2c1. The molecular formula is C23H33N3O2. The van der Waals surface area contributed by atoms with Crippen molar-refractivity contribution in [2.24, 2.45) is 10.9 Å². The second-order valence-electron chi connectivity index (χ2n) is 7.46. The fourth-order valence-electron chi connectivity index (χ4n) is 3.50. The first-order valence-corrected chi connectivity index (χ1v) is 10.4. The van der Waals surface area contributed by atoms with Gasteiger partial charge in [0.25, 0.3) is 0 Å². The molecule has 0 amide bonds. The Morgan fingerprint density at radius 1 is 1.18 bits per heavy atom. The normalized spacial score (nSPS) is 16.9. The summed E-state index contributed by atoms with van der Waals surface area (Å²) in [6.07, 6.45) is 3.22. The highest BCUT2D eigenvalue weighted by molar-refractivity contribution is 5.84. The van der Waals surface area contributed by atoms with Crippen molar-refractivity contribution >= 4 is 16.7 Å². The maximum absolute atomic E-state index is 5.82. The fourth-order valence-corrected chi connectivity index (χ4v) is 3.50. The van der Waals surface area contributed by atoms with E-state index >= 15 is 0 Å². The van der Waals surface area contributed by atoms with Crippen molar-refractivity contribution in [3.63, 3.8) is 0 Å². The summed E-state index contributed by atoms with van der Waals surface area (Å²) in [5.74, 6) is 1.49. The highest BCUT2D eigenvalue weighted by atomic mass is 16.5. The van der Waals surface area contributed by atoms with E-state index in [0.29, 0.717) is 5.92 Å². The lowest BCUT2D eigenvalue weighted by atomic mass is 10.0. The van der Waals surface area contributed by atoms with E-state index in [1.807, 2.05) is 7.05 Å². The predicted octanol–water partition coefficient (Wildman–Crippen LogP) is 3.90. The van der Waals surface area contributed by atoms with Crippen molar-refractivity contribution in [2.75, 3.05) is 40.0 Å². The molecule has 1 aliphatic rings. The van der Waals surface area contributed by atoms with Crippen molar-refractivity contribution in [3.05, 3.63) is 48.0 Å². The molecule has 1 saturated heterocycles. The Balaban J connectivity index is 1.37. The minimum absolute atomic E-state index is 0.181. The molecule has 3 rings (SSSR count). The average Bonchev–Trinajstić information content (AvgIpc) is 2.75. The van der Waals surface area contributed by atoms with Crippen LogP contribution < -0.4 is 10.6 Å². The van der Waals surface area contributed by atoms with Crippen molar-refractivity contribution in [3.8, 4) is 0 Å². The fraction of sp³-hybridized carbons (Fsp3) is 0.522. The first-order valence-electron chi connectivity index (χ1n) is 10.4. The van der Waals surface area contributed by atoms with Gasteiger partial charge in [-0.05, 0) is 54.5 Å². The Morgan fingerprint density at radius 3 is 2.75 bits per heavy atom. The van der Waals surface area contributed by atoms with Gasteiger partial charge in [0.15, 0.2) is 5.96 Å². The summed E-state index contributed by atoms with van der Waals surface area (Å²) in [6, 6.07) is 15.2. The molecule has 2 N–H and O–H groups in total. The third-order valence-corrected chi connectivity index (χ3v) is 5.30. The van der Waals surface area contributed by atoms with E-state index in [9.17, 15) is 0 Å². The molecule has 1 heterocycles. The molecule has 0 spiro atoms. The average molecular weight is 384 g/mol. The summed E-state index contributed by atoms with van der Waals surface area (Å²) in [4.78, 5) is 4.35. The minimum atomic E-state index is 0.181. The highest BCUT2D eigenvalue weighted by Gasteiger charge is 2.13. The lowest BCUT2D eigenvalue weighted by Gasteiger charge is -2.22. The van der Waals surface area contributed by atoms with Crippen LogP contribution in [-0.2, 0) is 9.47 Å². The Labute approximate surface area is 168 Å². The first kappa shape index (κ1) is 20.6. The molecule has 152 valence electrons. The summed E-state index contributed by atoms with van der Waals surface area (Å²) in [5, 5.41) is 9.39. The summed E-state index contributed by atoms with van der Waals surface area (Å²) >= 11 is 0. The Bertz CT molecular complexity index is 756. The standard InChI is InChI=1S/C23H33N3O2/c1-18(21-9-8-20-6-3-4-7-22(20)16-21)26-23(24-2)25-12-5-13-28-17-19-10-14-27-15-11-19/h3-4,6-9,16,18-19H,5,10-15,17H2,1-2H3,(H2,24,25,26). The van der Waals surface area contributed by atoms with Crippen LogP contribution in [0.4, 0.5) is 0 Å². The van der Waals surface area contributed by atoms with Gasteiger partial charge in [-0.2, -0.15) is 0 Å². The van der Waals surface area contributed by atoms with Crippen molar-refractivity contribution < 1.29 is 9.47 Å². The van der Waals surface area contributed by atoms with Crippen LogP contribution in [0.5, 0.6) is 0 Å². The number of benzene rings is 2. The molecule has 0 aromatic heterocycles. The van der Waals surface area contributed by atoms with Gasteiger partial charge in [0.05, 0.1) is 6.04 Å². The molecule has 5 nitrogen and oxygen atoms in total. The van der Waals surface area contributed by atoms with Crippen LogP contribution in [0, 0.1) is 5.92 Å². The van der Waals surface area contributed by atoms with E-state index in [4.69, 9.17) is 9.47 Å². The van der Waals surface area contributed by atoms with Gasteiger partial charge in [0.2, 0.25) is 0 Å². The van der Waals surface area contributed by atoms with Gasteiger partial charge in [-0.25, -0.2) is 0 Å². The van der Waals surface area contributed by atoms with E-state index in [1.165, 1.54) is 16.3 Å². The topological polar surface area (TPSA) is 54.9 Å². The molecule has 1 atom stereocenters. The third kappa shape index (κ3) is 6.21. The molecule has 0 radical (unpaired) electrons. The maximum atomic E-state index is 5.82.